The second-order valence-electron chi connectivity index (χ2n) is 3.09. The molecule has 2 rings (SSSR count). The van der Waals surface area contributed by atoms with Crippen molar-refractivity contribution in [1.29, 1.82) is 0 Å². The van der Waals surface area contributed by atoms with Gasteiger partial charge in [-0.15, -0.1) is 0 Å². The van der Waals surface area contributed by atoms with Gasteiger partial charge in [0.25, 0.3) is 0 Å². The van der Waals surface area contributed by atoms with Gasteiger partial charge < -0.3 is 4.74 Å². The predicted octanol–water partition coefficient (Wildman–Crippen LogP) is 3.14. The molecule has 82 valence electrons. The smallest absolute Gasteiger partial charge is 0.337 e. The van der Waals surface area contributed by atoms with Crippen molar-refractivity contribution in [3.63, 3.8) is 0 Å². The minimum atomic E-state index is -0.712. The lowest BCUT2D eigenvalue weighted by Crippen LogP contribution is -1.91. The van der Waals surface area contributed by atoms with Crippen molar-refractivity contribution in [1.82, 2.24) is 0 Å². The summed E-state index contributed by atoms with van der Waals surface area (Å²) in [5.41, 5.74) is 0.149. The summed E-state index contributed by atoms with van der Waals surface area (Å²) >= 11 is 3.09. The summed E-state index contributed by atoms with van der Waals surface area (Å²) in [7, 11) is 0. The van der Waals surface area contributed by atoms with Crippen LogP contribution in [0.25, 0.3) is 6.08 Å². The van der Waals surface area contributed by atoms with Crippen LogP contribution in [0.2, 0.25) is 0 Å². The normalized spacial score (nSPS) is 17.6. The maximum atomic E-state index is 13.3. The second-order valence-corrected chi connectivity index (χ2v) is 3.94. The highest BCUT2D eigenvalue weighted by Gasteiger charge is 2.18. The van der Waals surface area contributed by atoms with Gasteiger partial charge in [0.05, 0.1) is 4.48 Å². The molecule has 0 atom stereocenters. The molecule has 1 heterocycles. The number of hydrogen-bond acceptors (Lipinski definition) is 2. The SMILES string of the molecule is O=C1C=C(Br)/C(=C/c2ccc(F)cc2F)O1. The molecule has 1 aromatic rings. The van der Waals surface area contributed by atoms with Gasteiger partial charge in [-0.1, -0.05) is 0 Å². The van der Waals surface area contributed by atoms with Gasteiger partial charge in [0.1, 0.15) is 17.4 Å². The molecule has 1 aromatic carbocycles. The van der Waals surface area contributed by atoms with E-state index in [4.69, 9.17) is 4.74 Å². The largest absolute Gasteiger partial charge is 0.422 e. The Morgan fingerprint density at radius 2 is 2.06 bits per heavy atom. The first kappa shape index (κ1) is 11.0. The van der Waals surface area contributed by atoms with E-state index < -0.39 is 17.6 Å². The third-order valence-corrected chi connectivity index (χ3v) is 2.56. The van der Waals surface area contributed by atoms with Gasteiger partial charge in [0.15, 0.2) is 0 Å². The van der Waals surface area contributed by atoms with Crippen molar-refractivity contribution in [2.75, 3.05) is 0 Å². The van der Waals surface area contributed by atoms with E-state index in [1.807, 2.05) is 0 Å². The number of allylic oxidation sites excluding steroid dienone is 1. The van der Waals surface area contributed by atoms with E-state index >= 15 is 0 Å². The van der Waals surface area contributed by atoms with Crippen molar-refractivity contribution in [3.8, 4) is 0 Å². The third-order valence-electron chi connectivity index (χ3n) is 1.94. The molecule has 2 nitrogen and oxygen atoms in total. The van der Waals surface area contributed by atoms with Crippen LogP contribution >= 0.6 is 15.9 Å². The summed E-state index contributed by atoms with van der Waals surface area (Å²) in [4.78, 5) is 10.9. The minimum Gasteiger partial charge on any atom is -0.422 e. The maximum absolute atomic E-state index is 13.3. The number of halogens is 3. The molecule has 0 amide bonds. The first-order chi connectivity index (χ1) is 7.56. The van der Waals surface area contributed by atoms with E-state index in [9.17, 15) is 13.6 Å². The number of ether oxygens (including phenoxy) is 1. The Hall–Kier alpha value is -1.49. The van der Waals surface area contributed by atoms with Gasteiger partial charge in [-0.3, -0.25) is 0 Å². The van der Waals surface area contributed by atoms with Crippen LogP contribution in [-0.4, -0.2) is 5.97 Å². The fraction of sp³-hybridized carbons (Fsp3) is 0. The lowest BCUT2D eigenvalue weighted by Gasteiger charge is -2.00. The van der Waals surface area contributed by atoms with Gasteiger partial charge in [-0.05, 0) is 34.1 Å². The summed E-state index contributed by atoms with van der Waals surface area (Å²) in [6.07, 6.45) is 2.55. The second kappa shape index (κ2) is 4.17. The van der Waals surface area contributed by atoms with Crippen LogP contribution in [0.3, 0.4) is 0 Å². The van der Waals surface area contributed by atoms with Gasteiger partial charge in [0.2, 0.25) is 0 Å². The van der Waals surface area contributed by atoms with E-state index in [2.05, 4.69) is 15.9 Å². The van der Waals surface area contributed by atoms with Crippen LogP contribution in [0.1, 0.15) is 5.56 Å². The lowest BCUT2D eigenvalue weighted by atomic mass is 10.2. The van der Waals surface area contributed by atoms with Crippen LogP contribution in [0, 0.1) is 11.6 Å². The molecule has 5 heteroatoms. The predicted molar refractivity (Wildman–Crippen MR) is 57.4 cm³/mol. The highest BCUT2D eigenvalue weighted by Crippen LogP contribution is 2.27. The molecule has 0 saturated carbocycles. The fourth-order valence-corrected chi connectivity index (χ4v) is 1.60. The maximum Gasteiger partial charge on any atom is 0.337 e. The van der Waals surface area contributed by atoms with Crippen molar-refractivity contribution in [2.45, 2.75) is 0 Å². The van der Waals surface area contributed by atoms with Gasteiger partial charge in [-0.2, -0.15) is 0 Å². The molecule has 1 aliphatic heterocycles. The van der Waals surface area contributed by atoms with Gasteiger partial charge in [0, 0.05) is 17.7 Å². The molecular formula is C11H5BrF2O2. The zero-order valence-corrected chi connectivity index (χ0v) is 9.42. The molecule has 0 aliphatic carbocycles. The quantitative estimate of drug-likeness (QED) is 0.742. The Kier molecular flexibility index (Phi) is 2.87. The molecular weight excluding hydrogens is 282 g/mol. The fourth-order valence-electron chi connectivity index (χ4n) is 1.22. The monoisotopic (exact) mass is 286 g/mol. The lowest BCUT2D eigenvalue weighted by molar-refractivity contribution is -0.132. The zero-order valence-electron chi connectivity index (χ0n) is 7.84. The Labute approximate surface area is 98.3 Å². The van der Waals surface area contributed by atoms with Gasteiger partial charge >= 0.3 is 5.97 Å². The molecule has 0 saturated heterocycles. The Balaban J connectivity index is 2.37. The number of carbonyl (C=O) groups is 1. The number of hydrogen-bond donors (Lipinski definition) is 0. The first-order valence-electron chi connectivity index (χ1n) is 4.32. The van der Waals surface area contributed by atoms with E-state index in [0.29, 0.717) is 4.48 Å². The Morgan fingerprint density at radius 3 is 2.62 bits per heavy atom. The highest BCUT2D eigenvalue weighted by molar-refractivity contribution is 9.12. The van der Waals surface area contributed by atoms with E-state index in [0.717, 1.165) is 12.1 Å². The number of esters is 1. The van der Waals surface area contributed by atoms with E-state index in [1.54, 1.807) is 0 Å². The summed E-state index contributed by atoms with van der Waals surface area (Å²) < 4.78 is 31.1. The molecule has 0 unspecified atom stereocenters. The molecule has 0 fully saturated rings. The molecule has 0 aromatic heterocycles. The minimum absolute atomic E-state index is 0.149. The summed E-state index contributed by atoms with van der Waals surface area (Å²) in [6, 6.07) is 3.16. The van der Waals surface area contributed by atoms with Crippen LogP contribution in [0.4, 0.5) is 8.78 Å². The summed E-state index contributed by atoms with van der Waals surface area (Å²) in [5, 5.41) is 0. The van der Waals surface area contributed by atoms with Crippen molar-refractivity contribution in [2.24, 2.45) is 0 Å². The number of rotatable bonds is 1. The van der Waals surface area contributed by atoms with Crippen molar-refractivity contribution >= 4 is 28.0 Å². The van der Waals surface area contributed by atoms with Crippen LogP contribution in [0.5, 0.6) is 0 Å². The summed E-state index contributed by atoms with van der Waals surface area (Å²) in [6.45, 7) is 0. The van der Waals surface area contributed by atoms with E-state index in [1.165, 1.54) is 18.2 Å². The van der Waals surface area contributed by atoms with Crippen LogP contribution in [0.15, 0.2) is 34.5 Å². The van der Waals surface area contributed by atoms with Crippen molar-refractivity contribution < 1.29 is 18.3 Å². The van der Waals surface area contributed by atoms with Crippen LogP contribution in [-0.2, 0) is 9.53 Å². The topological polar surface area (TPSA) is 26.3 Å². The average molecular weight is 287 g/mol. The van der Waals surface area contributed by atoms with Crippen molar-refractivity contribution in [3.05, 3.63) is 51.7 Å². The van der Waals surface area contributed by atoms with Crippen LogP contribution < -0.4 is 0 Å². The highest BCUT2D eigenvalue weighted by atomic mass is 79.9. The average Bonchev–Trinajstić information content (AvgIpc) is 2.50. The molecule has 0 bridgehead atoms. The number of benzene rings is 1. The zero-order chi connectivity index (χ0) is 11.7. The Morgan fingerprint density at radius 1 is 1.31 bits per heavy atom. The first-order valence-corrected chi connectivity index (χ1v) is 5.12. The molecule has 16 heavy (non-hydrogen) atoms. The third kappa shape index (κ3) is 2.19. The number of cyclic esters (lactones) is 1. The molecule has 1 aliphatic rings. The summed E-state index contributed by atoms with van der Waals surface area (Å²) in [5.74, 6) is -1.69. The van der Waals surface area contributed by atoms with E-state index in [-0.39, 0.29) is 11.3 Å². The van der Waals surface area contributed by atoms with Gasteiger partial charge in [-0.25, -0.2) is 13.6 Å². The molecule has 0 spiro atoms. The number of carbonyl (C=O) groups excluding carboxylic acids is 1. The standard InChI is InChI=1S/C11H5BrF2O2/c12-8-5-11(15)16-10(8)3-6-1-2-7(13)4-9(6)14/h1-5H/b10-3-. The Bertz CT molecular complexity index is 521. The molecule has 0 radical (unpaired) electrons. The molecule has 0 N–H and O–H groups in total.